The molecule has 38 valence electrons. The van der Waals surface area contributed by atoms with Crippen LogP contribution < -0.4 is 2.81 Å². The van der Waals surface area contributed by atoms with Gasteiger partial charge in [0.2, 0.25) is 0 Å². The molecule has 1 rings (SSSR count). The van der Waals surface area contributed by atoms with Gasteiger partial charge < -0.3 is 5.48 Å². The molecule has 0 unspecified atom stereocenters. The Morgan fingerprint density at radius 3 is 2.00 bits per heavy atom. The second-order valence-electron chi connectivity index (χ2n) is 1.52. The molecule has 0 bridgehead atoms. The predicted molar refractivity (Wildman–Crippen MR) is 33.2 cm³/mol. The SMILES string of the molecule is O.[Na][c]1ccncc1. The number of aromatic nitrogens is 1. The average Bonchev–Trinajstić information content (AvgIpc) is 1.69. The van der Waals surface area contributed by atoms with E-state index in [-0.39, 0.29) is 5.48 Å². The van der Waals surface area contributed by atoms with Gasteiger partial charge in [0.05, 0.1) is 0 Å². The van der Waals surface area contributed by atoms with E-state index in [9.17, 15) is 0 Å². The third-order valence-electron chi connectivity index (χ3n) is 0.847. The molecule has 0 aromatic carbocycles. The van der Waals surface area contributed by atoms with E-state index in [0.29, 0.717) is 0 Å². The molecular formula is C5H6NNaO. The summed E-state index contributed by atoms with van der Waals surface area (Å²) in [6.07, 6.45) is 3.64. The van der Waals surface area contributed by atoms with Gasteiger partial charge in [0, 0.05) is 0 Å². The van der Waals surface area contributed by atoms with Crippen LogP contribution in [-0.4, -0.2) is 38.4 Å². The van der Waals surface area contributed by atoms with Crippen molar-refractivity contribution in [2.24, 2.45) is 0 Å². The van der Waals surface area contributed by atoms with E-state index < -0.39 is 0 Å². The molecular weight excluding hydrogens is 113 g/mol. The van der Waals surface area contributed by atoms with Gasteiger partial charge in [-0.15, -0.1) is 0 Å². The van der Waals surface area contributed by atoms with Crippen LogP contribution in [0.1, 0.15) is 0 Å². The molecule has 0 saturated heterocycles. The van der Waals surface area contributed by atoms with Crippen molar-refractivity contribution in [3.63, 3.8) is 0 Å². The molecule has 0 aliphatic rings. The minimum atomic E-state index is 0. The Labute approximate surface area is 65.7 Å². The first-order chi connectivity index (χ1) is 3.39. The Balaban J connectivity index is 0.000000490. The van der Waals surface area contributed by atoms with Crippen LogP contribution in [0, 0.1) is 0 Å². The Morgan fingerprint density at radius 2 is 1.75 bits per heavy atom. The van der Waals surface area contributed by atoms with Crippen LogP contribution in [0.25, 0.3) is 0 Å². The Hall–Kier alpha value is 0.110. The quantitative estimate of drug-likeness (QED) is 0.406. The summed E-state index contributed by atoms with van der Waals surface area (Å²) in [5.74, 6) is 0. The van der Waals surface area contributed by atoms with Gasteiger partial charge in [0.1, 0.15) is 0 Å². The van der Waals surface area contributed by atoms with Crippen molar-refractivity contribution >= 4 is 30.7 Å². The molecule has 0 amide bonds. The fourth-order valence-electron chi connectivity index (χ4n) is 0.426. The van der Waals surface area contributed by atoms with Crippen molar-refractivity contribution in [2.45, 2.75) is 0 Å². The van der Waals surface area contributed by atoms with E-state index in [1.807, 2.05) is 24.5 Å². The molecule has 2 N–H and O–H groups in total. The molecule has 2 nitrogen and oxygen atoms in total. The number of rotatable bonds is 0. The number of nitrogens with zero attached hydrogens (tertiary/aromatic N) is 1. The topological polar surface area (TPSA) is 44.4 Å². The fourth-order valence-corrected chi connectivity index (χ4v) is 0.725. The first-order valence-electron chi connectivity index (χ1n) is 2.26. The predicted octanol–water partition coefficient (Wildman–Crippen LogP) is -0.949. The standard InChI is InChI=1S/C5H4N.Na.H2O/c1-2-4-6-5-3-1;;/h2-5H;;1H2. The van der Waals surface area contributed by atoms with Gasteiger partial charge in [-0.25, -0.2) is 0 Å². The van der Waals surface area contributed by atoms with Gasteiger partial charge >= 0.3 is 60.3 Å². The summed E-state index contributed by atoms with van der Waals surface area (Å²) in [5.41, 5.74) is 0. The van der Waals surface area contributed by atoms with Crippen LogP contribution in [0.3, 0.4) is 0 Å². The monoisotopic (exact) mass is 119 g/mol. The summed E-state index contributed by atoms with van der Waals surface area (Å²) in [5, 5.41) is 0. The molecule has 1 aromatic rings. The van der Waals surface area contributed by atoms with Crippen molar-refractivity contribution in [1.29, 1.82) is 0 Å². The zero-order valence-electron chi connectivity index (χ0n) is 4.76. The average molecular weight is 119 g/mol. The zero-order valence-corrected chi connectivity index (χ0v) is 6.76. The minimum absolute atomic E-state index is 0. The van der Waals surface area contributed by atoms with Crippen molar-refractivity contribution in [3.05, 3.63) is 24.5 Å². The maximum absolute atomic E-state index is 3.87. The van der Waals surface area contributed by atoms with Gasteiger partial charge in [-0.05, 0) is 0 Å². The van der Waals surface area contributed by atoms with Crippen LogP contribution in [0.15, 0.2) is 24.5 Å². The van der Waals surface area contributed by atoms with E-state index in [4.69, 9.17) is 0 Å². The summed E-state index contributed by atoms with van der Waals surface area (Å²) in [6, 6.07) is 4.07. The molecule has 0 aliphatic heterocycles. The van der Waals surface area contributed by atoms with Gasteiger partial charge in [-0.3, -0.25) is 0 Å². The molecule has 0 fully saturated rings. The second kappa shape index (κ2) is 4.04. The second-order valence-corrected chi connectivity index (χ2v) is 2.68. The van der Waals surface area contributed by atoms with Crippen LogP contribution in [0.4, 0.5) is 0 Å². The van der Waals surface area contributed by atoms with E-state index in [1.165, 1.54) is 2.81 Å². The Bertz CT molecular complexity index is 142. The van der Waals surface area contributed by atoms with E-state index in [2.05, 4.69) is 4.98 Å². The Kier molecular flexibility index (Phi) is 4.09. The van der Waals surface area contributed by atoms with Crippen LogP contribution >= 0.6 is 0 Å². The van der Waals surface area contributed by atoms with Crippen molar-refractivity contribution in [2.75, 3.05) is 0 Å². The first-order valence-corrected chi connectivity index (χ1v) is 3.26. The van der Waals surface area contributed by atoms with E-state index in [1.54, 1.807) is 0 Å². The third-order valence-corrected chi connectivity index (χ3v) is 1.51. The normalized spacial score (nSPS) is 7.75. The van der Waals surface area contributed by atoms with E-state index in [0.717, 1.165) is 27.9 Å². The van der Waals surface area contributed by atoms with Crippen molar-refractivity contribution in [1.82, 2.24) is 4.98 Å². The molecule has 0 spiro atoms. The molecule has 1 heterocycles. The number of hydrogen-bond donors (Lipinski definition) is 0. The fraction of sp³-hybridized carbons (Fsp3) is 0. The number of pyridine rings is 1. The van der Waals surface area contributed by atoms with Crippen LogP contribution in [0.5, 0.6) is 0 Å². The first kappa shape index (κ1) is 8.11. The summed E-state index contributed by atoms with van der Waals surface area (Å²) < 4.78 is 1.40. The molecule has 8 heavy (non-hydrogen) atoms. The molecule has 0 atom stereocenters. The summed E-state index contributed by atoms with van der Waals surface area (Å²) >= 11 is 1.13. The number of hydrogen-bond acceptors (Lipinski definition) is 1. The molecule has 1 aromatic heterocycles. The maximum atomic E-state index is 3.87. The van der Waals surface area contributed by atoms with Gasteiger partial charge in [0.25, 0.3) is 0 Å². The van der Waals surface area contributed by atoms with Gasteiger partial charge in [0.15, 0.2) is 0 Å². The van der Waals surface area contributed by atoms with E-state index >= 15 is 0 Å². The molecule has 0 radical (unpaired) electrons. The molecule has 0 saturated carbocycles. The zero-order chi connectivity index (χ0) is 5.11. The summed E-state index contributed by atoms with van der Waals surface area (Å²) in [7, 11) is 0. The Morgan fingerprint density at radius 1 is 1.25 bits per heavy atom. The third kappa shape index (κ3) is 2.43. The molecule has 3 heteroatoms. The van der Waals surface area contributed by atoms with Gasteiger partial charge in [-0.1, -0.05) is 0 Å². The van der Waals surface area contributed by atoms with Crippen molar-refractivity contribution in [3.8, 4) is 0 Å². The molecule has 0 aliphatic carbocycles. The summed E-state index contributed by atoms with van der Waals surface area (Å²) in [6.45, 7) is 0. The summed E-state index contributed by atoms with van der Waals surface area (Å²) in [4.78, 5) is 3.87. The van der Waals surface area contributed by atoms with Crippen molar-refractivity contribution < 1.29 is 5.48 Å². The van der Waals surface area contributed by atoms with Crippen LogP contribution in [0.2, 0.25) is 0 Å². The van der Waals surface area contributed by atoms with Crippen LogP contribution in [-0.2, 0) is 0 Å². The van der Waals surface area contributed by atoms with Gasteiger partial charge in [-0.2, -0.15) is 0 Å².